The number of aromatic nitrogens is 1. The Bertz CT molecular complexity index is 508. The van der Waals surface area contributed by atoms with Crippen LogP contribution in [-0.2, 0) is 7.05 Å². The molecule has 1 aromatic heterocycles. The zero-order chi connectivity index (χ0) is 15.2. The lowest BCUT2D eigenvalue weighted by atomic mass is 10.3. The van der Waals surface area contributed by atoms with E-state index in [-0.39, 0.29) is 11.6 Å². The third-order valence-electron chi connectivity index (χ3n) is 3.58. The smallest absolute Gasteiger partial charge is 0.287 e. The zero-order valence-electron chi connectivity index (χ0n) is 12.2. The molecule has 0 spiro atoms. The van der Waals surface area contributed by atoms with E-state index in [9.17, 15) is 14.9 Å². The van der Waals surface area contributed by atoms with Crippen molar-refractivity contribution in [1.82, 2.24) is 20.1 Å². The van der Waals surface area contributed by atoms with Crippen LogP contribution in [0.2, 0.25) is 0 Å². The molecular weight excluding hydrogens is 274 g/mol. The topological polar surface area (TPSA) is 92.4 Å². The number of carbonyl (C=O) groups excluding carboxylic acids is 1. The van der Waals surface area contributed by atoms with Crippen molar-refractivity contribution in [3.63, 3.8) is 0 Å². The predicted octanol–water partition coefficient (Wildman–Crippen LogP) is -0.0416. The normalized spacial score (nSPS) is 15.9. The Balaban J connectivity index is 1.75. The molecule has 21 heavy (non-hydrogen) atoms. The number of hydrogen-bond acceptors (Lipinski definition) is 5. The van der Waals surface area contributed by atoms with Crippen LogP contribution in [-0.4, -0.2) is 59.6 Å². The predicted molar refractivity (Wildman–Crippen MR) is 78.3 cm³/mol. The fourth-order valence-electron chi connectivity index (χ4n) is 2.40. The summed E-state index contributed by atoms with van der Waals surface area (Å²) in [5, 5.41) is 16.8. The summed E-state index contributed by atoms with van der Waals surface area (Å²) in [6.45, 7) is 5.63. The third kappa shape index (κ3) is 4.27. The monoisotopic (exact) mass is 295 g/mol. The number of nitrogens with zero attached hydrogens (tertiary/aromatic N) is 3. The minimum absolute atomic E-state index is 0.0662. The Morgan fingerprint density at radius 2 is 2.19 bits per heavy atom. The number of amides is 1. The molecule has 0 aromatic carbocycles. The van der Waals surface area contributed by atoms with E-state index in [1.165, 1.54) is 16.8 Å². The molecule has 1 saturated heterocycles. The first kappa shape index (κ1) is 15.5. The Labute approximate surface area is 123 Å². The van der Waals surface area contributed by atoms with Crippen LogP contribution in [0.4, 0.5) is 5.69 Å². The van der Waals surface area contributed by atoms with Gasteiger partial charge < -0.3 is 20.1 Å². The summed E-state index contributed by atoms with van der Waals surface area (Å²) in [6.07, 6.45) is 2.22. The highest BCUT2D eigenvalue weighted by atomic mass is 16.6. The molecule has 2 heterocycles. The van der Waals surface area contributed by atoms with Gasteiger partial charge in [-0.1, -0.05) is 0 Å². The van der Waals surface area contributed by atoms with E-state index in [4.69, 9.17) is 0 Å². The fraction of sp³-hybridized carbons (Fsp3) is 0.615. The highest BCUT2D eigenvalue weighted by Crippen LogP contribution is 2.14. The van der Waals surface area contributed by atoms with E-state index in [0.717, 1.165) is 39.1 Å². The second kappa shape index (κ2) is 7.19. The van der Waals surface area contributed by atoms with Crippen molar-refractivity contribution in [2.24, 2.45) is 7.05 Å². The Hall–Kier alpha value is -1.93. The van der Waals surface area contributed by atoms with Gasteiger partial charge in [-0.25, -0.2) is 0 Å². The summed E-state index contributed by atoms with van der Waals surface area (Å²) in [7, 11) is 1.63. The lowest BCUT2D eigenvalue weighted by Crippen LogP contribution is -2.44. The number of rotatable bonds is 6. The van der Waals surface area contributed by atoms with Gasteiger partial charge >= 0.3 is 0 Å². The molecule has 2 N–H and O–H groups in total. The van der Waals surface area contributed by atoms with Gasteiger partial charge in [-0.2, -0.15) is 0 Å². The average Bonchev–Trinajstić information content (AvgIpc) is 2.87. The summed E-state index contributed by atoms with van der Waals surface area (Å²) in [5.41, 5.74) is 0.243. The summed E-state index contributed by atoms with van der Waals surface area (Å²) >= 11 is 0. The summed E-state index contributed by atoms with van der Waals surface area (Å²) in [5.74, 6) is -0.272. The van der Waals surface area contributed by atoms with Crippen molar-refractivity contribution >= 4 is 11.6 Å². The van der Waals surface area contributed by atoms with E-state index in [0.29, 0.717) is 12.2 Å². The summed E-state index contributed by atoms with van der Waals surface area (Å²) in [4.78, 5) is 24.5. The van der Waals surface area contributed by atoms with Gasteiger partial charge in [-0.05, 0) is 13.0 Å². The molecule has 1 aliphatic heterocycles. The molecule has 0 saturated carbocycles. The van der Waals surface area contributed by atoms with Gasteiger partial charge in [-0.3, -0.25) is 14.9 Å². The molecule has 0 atom stereocenters. The second-order valence-corrected chi connectivity index (χ2v) is 5.15. The van der Waals surface area contributed by atoms with Crippen molar-refractivity contribution in [3.05, 3.63) is 28.1 Å². The number of aryl methyl sites for hydroxylation is 1. The van der Waals surface area contributed by atoms with Crippen LogP contribution >= 0.6 is 0 Å². The molecule has 0 bridgehead atoms. The number of hydrogen-bond donors (Lipinski definition) is 2. The minimum Gasteiger partial charge on any atom is -0.351 e. The maximum Gasteiger partial charge on any atom is 0.287 e. The van der Waals surface area contributed by atoms with Crippen LogP contribution in [0.3, 0.4) is 0 Å². The van der Waals surface area contributed by atoms with Crippen molar-refractivity contribution in [2.75, 3.05) is 39.3 Å². The maximum absolute atomic E-state index is 12.0. The van der Waals surface area contributed by atoms with E-state index >= 15 is 0 Å². The first-order valence-corrected chi connectivity index (χ1v) is 7.10. The van der Waals surface area contributed by atoms with Crippen LogP contribution in [0.25, 0.3) is 0 Å². The molecule has 0 unspecified atom stereocenters. The van der Waals surface area contributed by atoms with Crippen LogP contribution in [0.15, 0.2) is 12.3 Å². The SMILES string of the molecule is Cn1cc([N+](=O)[O-])cc1C(=O)NCCCN1CCNCC1. The Morgan fingerprint density at radius 3 is 2.81 bits per heavy atom. The first-order chi connectivity index (χ1) is 10.1. The highest BCUT2D eigenvalue weighted by molar-refractivity contribution is 5.93. The maximum atomic E-state index is 12.0. The lowest BCUT2D eigenvalue weighted by Gasteiger charge is -2.27. The van der Waals surface area contributed by atoms with Crippen LogP contribution in [0.1, 0.15) is 16.9 Å². The number of nitrogens with one attached hydrogen (secondary N) is 2. The molecule has 1 aromatic rings. The van der Waals surface area contributed by atoms with Gasteiger partial charge in [0.25, 0.3) is 11.6 Å². The number of nitro groups is 1. The van der Waals surface area contributed by atoms with Crippen LogP contribution in [0, 0.1) is 10.1 Å². The van der Waals surface area contributed by atoms with E-state index in [1.807, 2.05) is 0 Å². The van der Waals surface area contributed by atoms with E-state index in [1.54, 1.807) is 7.05 Å². The number of carbonyl (C=O) groups is 1. The highest BCUT2D eigenvalue weighted by Gasteiger charge is 2.17. The van der Waals surface area contributed by atoms with Crippen molar-refractivity contribution in [3.8, 4) is 0 Å². The lowest BCUT2D eigenvalue weighted by molar-refractivity contribution is -0.384. The summed E-state index contributed by atoms with van der Waals surface area (Å²) < 4.78 is 1.48. The molecular formula is C13H21N5O3. The zero-order valence-corrected chi connectivity index (χ0v) is 12.2. The van der Waals surface area contributed by atoms with Gasteiger partial charge in [0.1, 0.15) is 5.69 Å². The van der Waals surface area contributed by atoms with E-state index in [2.05, 4.69) is 15.5 Å². The van der Waals surface area contributed by atoms with Crippen LogP contribution in [0.5, 0.6) is 0 Å². The fourth-order valence-corrected chi connectivity index (χ4v) is 2.40. The quantitative estimate of drug-likeness (QED) is 0.436. The summed E-state index contributed by atoms with van der Waals surface area (Å²) in [6, 6.07) is 1.30. The molecule has 1 amide bonds. The number of piperazine rings is 1. The van der Waals surface area contributed by atoms with Crippen LogP contribution < -0.4 is 10.6 Å². The molecule has 8 nitrogen and oxygen atoms in total. The van der Waals surface area contributed by atoms with Gasteiger partial charge in [0, 0.05) is 45.8 Å². The molecule has 8 heteroatoms. The molecule has 0 radical (unpaired) electrons. The Morgan fingerprint density at radius 1 is 1.48 bits per heavy atom. The van der Waals surface area contributed by atoms with Crippen molar-refractivity contribution in [2.45, 2.75) is 6.42 Å². The van der Waals surface area contributed by atoms with Gasteiger partial charge in [0.2, 0.25) is 0 Å². The minimum atomic E-state index is -0.499. The first-order valence-electron chi connectivity index (χ1n) is 7.10. The molecule has 0 aliphatic carbocycles. The Kier molecular flexibility index (Phi) is 5.29. The molecule has 116 valence electrons. The van der Waals surface area contributed by atoms with Gasteiger partial charge in [0.15, 0.2) is 0 Å². The second-order valence-electron chi connectivity index (χ2n) is 5.15. The third-order valence-corrected chi connectivity index (χ3v) is 3.58. The molecule has 1 aliphatic rings. The van der Waals surface area contributed by atoms with Crippen molar-refractivity contribution < 1.29 is 9.72 Å². The largest absolute Gasteiger partial charge is 0.351 e. The average molecular weight is 295 g/mol. The van der Waals surface area contributed by atoms with E-state index < -0.39 is 4.92 Å². The van der Waals surface area contributed by atoms with Crippen molar-refractivity contribution in [1.29, 1.82) is 0 Å². The van der Waals surface area contributed by atoms with Gasteiger partial charge in [0.05, 0.1) is 11.1 Å². The standard InChI is InChI=1S/C13H21N5O3/c1-16-10-11(18(20)21)9-12(16)13(19)15-3-2-6-17-7-4-14-5-8-17/h9-10,14H,2-8H2,1H3,(H,15,19). The van der Waals surface area contributed by atoms with Gasteiger partial charge in [-0.15, -0.1) is 0 Å². The molecule has 2 rings (SSSR count). The molecule has 1 fully saturated rings.